The molecule has 0 saturated heterocycles. The van der Waals surface area contributed by atoms with Gasteiger partial charge in [-0.1, -0.05) is 11.6 Å². The van der Waals surface area contributed by atoms with Crippen molar-refractivity contribution >= 4 is 29.2 Å². The van der Waals surface area contributed by atoms with Crippen LogP contribution in [-0.4, -0.2) is 32.7 Å². The van der Waals surface area contributed by atoms with Gasteiger partial charge in [-0.3, -0.25) is 9.59 Å². The average Bonchev–Trinajstić information content (AvgIpc) is 2.67. The number of esters is 1. The first kappa shape index (κ1) is 20.5. The Labute approximate surface area is 161 Å². The van der Waals surface area contributed by atoms with Gasteiger partial charge in [-0.2, -0.15) is 0 Å². The van der Waals surface area contributed by atoms with Crippen molar-refractivity contribution in [2.24, 2.45) is 0 Å². The summed E-state index contributed by atoms with van der Waals surface area (Å²) in [5.41, 5.74) is 0.751. The molecule has 0 spiro atoms. The van der Waals surface area contributed by atoms with Gasteiger partial charge < -0.3 is 19.5 Å². The van der Waals surface area contributed by atoms with E-state index in [1.54, 1.807) is 18.2 Å². The first-order valence-electron chi connectivity index (χ1n) is 8.03. The standard InChI is InChI=1S/C19H19ClFNO5/c1-25-14-7-12(8-15(10-14)26-2)3-6-19(24)27-11-18(23)22-17-9-13(20)4-5-16(17)21/h4-5,7-10H,3,6,11H2,1-2H3,(H,22,23). The number of methoxy groups -OCH3 is 2. The molecule has 1 N–H and O–H groups in total. The number of carbonyl (C=O) groups excluding carboxylic acids is 2. The molecule has 2 rings (SSSR count). The van der Waals surface area contributed by atoms with Crippen molar-refractivity contribution in [2.45, 2.75) is 12.8 Å². The van der Waals surface area contributed by atoms with Gasteiger partial charge in [0.05, 0.1) is 19.9 Å². The summed E-state index contributed by atoms with van der Waals surface area (Å²) in [6, 6.07) is 9.05. The molecule has 0 saturated carbocycles. The van der Waals surface area contributed by atoms with Gasteiger partial charge in [-0.25, -0.2) is 4.39 Å². The number of aryl methyl sites for hydroxylation is 1. The molecule has 2 aromatic carbocycles. The monoisotopic (exact) mass is 395 g/mol. The van der Waals surface area contributed by atoms with E-state index < -0.39 is 24.3 Å². The molecule has 0 aliphatic carbocycles. The zero-order valence-electron chi connectivity index (χ0n) is 14.9. The van der Waals surface area contributed by atoms with E-state index in [2.05, 4.69) is 5.32 Å². The van der Waals surface area contributed by atoms with Crippen LogP contribution in [-0.2, 0) is 20.7 Å². The molecule has 6 nitrogen and oxygen atoms in total. The Morgan fingerprint density at radius 2 is 1.74 bits per heavy atom. The lowest BCUT2D eigenvalue weighted by molar-refractivity contribution is -0.147. The number of ether oxygens (including phenoxy) is 3. The fraction of sp³-hybridized carbons (Fsp3) is 0.263. The number of amides is 1. The van der Waals surface area contributed by atoms with Gasteiger partial charge in [0.1, 0.15) is 17.3 Å². The van der Waals surface area contributed by atoms with E-state index in [9.17, 15) is 14.0 Å². The maximum atomic E-state index is 13.6. The van der Waals surface area contributed by atoms with Crippen LogP contribution in [0.15, 0.2) is 36.4 Å². The molecule has 0 aliphatic heterocycles. The molecule has 0 fully saturated rings. The second-order valence-electron chi connectivity index (χ2n) is 5.55. The van der Waals surface area contributed by atoms with Gasteiger partial charge in [-0.15, -0.1) is 0 Å². The number of hydrogen-bond acceptors (Lipinski definition) is 5. The van der Waals surface area contributed by atoms with E-state index in [-0.39, 0.29) is 17.1 Å². The number of carbonyl (C=O) groups is 2. The molecule has 0 unspecified atom stereocenters. The number of halogens is 2. The van der Waals surface area contributed by atoms with Crippen molar-refractivity contribution in [3.05, 3.63) is 52.8 Å². The fourth-order valence-electron chi connectivity index (χ4n) is 2.25. The number of anilines is 1. The van der Waals surface area contributed by atoms with Crippen LogP contribution in [0.1, 0.15) is 12.0 Å². The Balaban J connectivity index is 1.82. The molecule has 2 aromatic rings. The lowest BCUT2D eigenvalue weighted by Crippen LogP contribution is -2.21. The highest BCUT2D eigenvalue weighted by atomic mass is 35.5. The summed E-state index contributed by atoms with van der Waals surface area (Å²) in [5.74, 6) is -0.626. The smallest absolute Gasteiger partial charge is 0.306 e. The summed E-state index contributed by atoms with van der Waals surface area (Å²) in [7, 11) is 3.07. The van der Waals surface area contributed by atoms with E-state index in [4.69, 9.17) is 25.8 Å². The van der Waals surface area contributed by atoms with Gasteiger partial charge >= 0.3 is 5.97 Å². The highest BCUT2D eigenvalue weighted by Gasteiger charge is 2.11. The van der Waals surface area contributed by atoms with E-state index in [0.717, 1.165) is 11.6 Å². The third kappa shape index (κ3) is 6.45. The molecule has 0 bridgehead atoms. The van der Waals surface area contributed by atoms with Crippen LogP contribution in [0.3, 0.4) is 0 Å². The Hall–Kier alpha value is -2.80. The molecule has 8 heteroatoms. The summed E-state index contributed by atoms with van der Waals surface area (Å²) in [4.78, 5) is 23.6. The van der Waals surface area contributed by atoms with Crippen LogP contribution < -0.4 is 14.8 Å². The van der Waals surface area contributed by atoms with Crippen LogP contribution >= 0.6 is 11.6 Å². The fourth-order valence-corrected chi connectivity index (χ4v) is 2.43. The largest absolute Gasteiger partial charge is 0.497 e. The minimum absolute atomic E-state index is 0.0646. The van der Waals surface area contributed by atoms with Crippen molar-refractivity contribution in [2.75, 3.05) is 26.1 Å². The zero-order chi connectivity index (χ0) is 19.8. The van der Waals surface area contributed by atoms with E-state index >= 15 is 0 Å². The summed E-state index contributed by atoms with van der Waals surface area (Å²) in [6.45, 7) is -0.522. The van der Waals surface area contributed by atoms with Gasteiger partial charge in [-0.05, 0) is 42.3 Å². The number of hydrogen-bond donors (Lipinski definition) is 1. The molecule has 27 heavy (non-hydrogen) atoms. The van der Waals surface area contributed by atoms with E-state index in [1.165, 1.54) is 26.4 Å². The quantitative estimate of drug-likeness (QED) is 0.691. The zero-order valence-corrected chi connectivity index (χ0v) is 15.6. The van der Waals surface area contributed by atoms with Crippen molar-refractivity contribution in [3.8, 4) is 11.5 Å². The van der Waals surface area contributed by atoms with Crippen LogP contribution in [0.2, 0.25) is 5.02 Å². The molecular weight excluding hydrogens is 377 g/mol. The maximum absolute atomic E-state index is 13.6. The highest BCUT2D eigenvalue weighted by molar-refractivity contribution is 6.30. The van der Waals surface area contributed by atoms with E-state index in [1.807, 2.05) is 0 Å². The Kier molecular flexibility index (Phi) is 7.43. The molecule has 0 atom stereocenters. The van der Waals surface area contributed by atoms with Gasteiger partial charge in [0.2, 0.25) is 0 Å². The SMILES string of the molecule is COc1cc(CCC(=O)OCC(=O)Nc2cc(Cl)ccc2F)cc(OC)c1. The average molecular weight is 396 g/mol. The molecule has 0 heterocycles. The lowest BCUT2D eigenvalue weighted by atomic mass is 10.1. The molecule has 144 valence electrons. The predicted octanol–water partition coefficient (Wildman–Crippen LogP) is 3.61. The first-order valence-corrected chi connectivity index (χ1v) is 8.41. The number of nitrogens with one attached hydrogen (secondary N) is 1. The van der Waals surface area contributed by atoms with E-state index in [0.29, 0.717) is 17.9 Å². The molecular formula is C19H19ClFNO5. The van der Waals surface area contributed by atoms with Crippen LogP contribution in [0.4, 0.5) is 10.1 Å². The van der Waals surface area contributed by atoms with Crippen LogP contribution in [0, 0.1) is 5.82 Å². The second kappa shape index (κ2) is 9.78. The van der Waals surface area contributed by atoms with Crippen molar-refractivity contribution < 1.29 is 28.2 Å². The minimum Gasteiger partial charge on any atom is -0.497 e. The van der Waals surface area contributed by atoms with Gasteiger partial charge in [0.25, 0.3) is 5.91 Å². The lowest BCUT2D eigenvalue weighted by Gasteiger charge is -2.09. The van der Waals surface area contributed by atoms with Crippen molar-refractivity contribution in [1.29, 1.82) is 0 Å². The molecule has 0 aliphatic rings. The second-order valence-corrected chi connectivity index (χ2v) is 5.99. The Bertz CT molecular complexity index is 805. The Morgan fingerprint density at radius 3 is 2.37 bits per heavy atom. The summed E-state index contributed by atoms with van der Waals surface area (Å²) >= 11 is 5.75. The normalized spacial score (nSPS) is 10.2. The third-order valence-corrected chi connectivity index (χ3v) is 3.83. The minimum atomic E-state index is -0.660. The first-order chi connectivity index (χ1) is 12.9. The molecule has 1 amide bonds. The van der Waals surface area contributed by atoms with Crippen LogP contribution in [0.25, 0.3) is 0 Å². The molecule has 0 aromatic heterocycles. The predicted molar refractivity (Wildman–Crippen MR) is 98.9 cm³/mol. The topological polar surface area (TPSA) is 73.9 Å². The number of benzene rings is 2. The van der Waals surface area contributed by atoms with Gasteiger partial charge in [0, 0.05) is 17.5 Å². The third-order valence-electron chi connectivity index (χ3n) is 3.60. The van der Waals surface area contributed by atoms with Crippen molar-refractivity contribution in [3.63, 3.8) is 0 Å². The summed E-state index contributed by atoms with van der Waals surface area (Å²) < 4.78 is 28.8. The molecule has 0 radical (unpaired) electrons. The maximum Gasteiger partial charge on any atom is 0.306 e. The van der Waals surface area contributed by atoms with Crippen LogP contribution in [0.5, 0.6) is 11.5 Å². The van der Waals surface area contributed by atoms with Gasteiger partial charge in [0.15, 0.2) is 6.61 Å². The van der Waals surface area contributed by atoms with Crippen molar-refractivity contribution in [1.82, 2.24) is 0 Å². The highest BCUT2D eigenvalue weighted by Crippen LogP contribution is 2.23. The summed E-state index contributed by atoms with van der Waals surface area (Å²) in [6.07, 6.45) is 0.450. The Morgan fingerprint density at radius 1 is 1.07 bits per heavy atom. The number of rotatable bonds is 8. The summed E-state index contributed by atoms with van der Waals surface area (Å²) in [5, 5.41) is 2.58.